The summed E-state index contributed by atoms with van der Waals surface area (Å²) in [6.45, 7) is 3.76. The number of hydrogen-bond acceptors (Lipinski definition) is 2. The Balaban J connectivity index is 1.85. The van der Waals surface area contributed by atoms with Gasteiger partial charge in [-0.25, -0.2) is 0 Å². The average molecular weight is 246 g/mol. The number of benzene rings is 1. The summed E-state index contributed by atoms with van der Waals surface area (Å²) in [4.78, 5) is 2.30. The Morgan fingerprint density at radius 2 is 2.17 bits per heavy atom. The number of nitrogens with one attached hydrogen (secondary N) is 3. The fourth-order valence-electron chi connectivity index (χ4n) is 2.36. The van der Waals surface area contributed by atoms with Gasteiger partial charge in [-0.15, -0.1) is 0 Å². The molecule has 0 aromatic heterocycles. The third-order valence-corrected chi connectivity index (χ3v) is 3.44. The van der Waals surface area contributed by atoms with E-state index in [1.807, 2.05) is 0 Å². The molecule has 0 bridgehead atoms. The van der Waals surface area contributed by atoms with Gasteiger partial charge in [-0.1, -0.05) is 25.1 Å². The maximum absolute atomic E-state index is 7.74. The first-order valence-electron chi connectivity index (χ1n) is 6.59. The number of fused-ring (bicyclic) bond motifs is 1. The van der Waals surface area contributed by atoms with Gasteiger partial charge in [0.1, 0.15) is 0 Å². The van der Waals surface area contributed by atoms with Gasteiger partial charge < -0.3 is 15.5 Å². The Kier molecular flexibility index (Phi) is 4.07. The number of likely N-dealkylation sites (N-methyl/N-ethyl adjacent to an activating group) is 1. The topological polar surface area (TPSA) is 51.2 Å². The van der Waals surface area contributed by atoms with Crippen LogP contribution in [-0.4, -0.2) is 32.1 Å². The Morgan fingerprint density at radius 3 is 2.89 bits per heavy atom. The van der Waals surface area contributed by atoms with Crippen molar-refractivity contribution >= 4 is 11.6 Å². The Hall–Kier alpha value is -1.71. The zero-order chi connectivity index (χ0) is 13.0. The molecule has 1 aliphatic heterocycles. The molecule has 0 aliphatic carbocycles. The molecule has 0 fully saturated rings. The largest absolute Gasteiger partial charge is 0.369 e. The second-order valence-electron chi connectivity index (χ2n) is 4.78. The van der Waals surface area contributed by atoms with E-state index in [2.05, 4.69) is 53.8 Å². The first-order valence-corrected chi connectivity index (χ1v) is 6.59. The standard InChI is InChI=1S/C14H22N4/c1-3-8-16-14(15)17-10-12-9-11-6-4-5-7-13(11)18(12)2/h4-7,12H,3,8-10H2,1-2H3,(H3,15,16,17). The van der Waals surface area contributed by atoms with Crippen molar-refractivity contribution in [3.05, 3.63) is 29.8 Å². The summed E-state index contributed by atoms with van der Waals surface area (Å²) in [5.41, 5.74) is 2.72. The molecule has 1 aromatic rings. The van der Waals surface area contributed by atoms with Gasteiger partial charge in [0.15, 0.2) is 5.96 Å². The molecule has 4 nitrogen and oxygen atoms in total. The van der Waals surface area contributed by atoms with Gasteiger partial charge in [0.25, 0.3) is 0 Å². The van der Waals surface area contributed by atoms with Crippen molar-refractivity contribution < 1.29 is 0 Å². The minimum atomic E-state index is 0.432. The molecule has 18 heavy (non-hydrogen) atoms. The SMILES string of the molecule is CCCNC(=N)NCC1Cc2ccccc2N1C. The van der Waals surface area contributed by atoms with Gasteiger partial charge in [-0.2, -0.15) is 0 Å². The molecule has 0 amide bonds. The fraction of sp³-hybridized carbons (Fsp3) is 0.500. The van der Waals surface area contributed by atoms with Crippen LogP contribution in [0.1, 0.15) is 18.9 Å². The number of hydrogen-bond donors (Lipinski definition) is 3. The molecule has 1 unspecified atom stereocenters. The molecule has 0 radical (unpaired) electrons. The van der Waals surface area contributed by atoms with Crippen molar-refractivity contribution in [1.82, 2.24) is 10.6 Å². The zero-order valence-electron chi connectivity index (χ0n) is 11.2. The molecule has 0 spiro atoms. The molecule has 3 N–H and O–H groups in total. The summed E-state index contributed by atoms with van der Waals surface area (Å²) < 4.78 is 0. The van der Waals surface area contributed by atoms with Crippen molar-refractivity contribution in [2.24, 2.45) is 0 Å². The summed E-state index contributed by atoms with van der Waals surface area (Å²) in [5.74, 6) is 0.432. The lowest BCUT2D eigenvalue weighted by Crippen LogP contribution is -2.44. The molecular formula is C14H22N4. The van der Waals surface area contributed by atoms with Crippen molar-refractivity contribution in [3.63, 3.8) is 0 Å². The van der Waals surface area contributed by atoms with Gasteiger partial charge in [0.2, 0.25) is 0 Å². The zero-order valence-corrected chi connectivity index (χ0v) is 11.2. The molecular weight excluding hydrogens is 224 g/mol. The third kappa shape index (κ3) is 2.75. The van der Waals surface area contributed by atoms with Gasteiger partial charge in [-0.3, -0.25) is 5.41 Å². The minimum Gasteiger partial charge on any atom is -0.369 e. The molecule has 4 heteroatoms. The van der Waals surface area contributed by atoms with E-state index < -0.39 is 0 Å². The second kappa shape index (κ2) is 5.76. The van der Waals surface area contributed by atoms with E-state index >= 15 is 0 Å². The van der Waals surface area contributed by atoms with Crippen molar-refractivity contribution in [3.8, 4) is 0 Å². The number of anilines is 1. The summed E-state index contributed by atoms with van der Waals surface area (Å²) in [6.07, 6.45) is 2.10. The summed E-state index contributed by atoms with van der Waals surface area (Å²) in [6, 6.07) is 8.96. The molecule has 1 heterocycles. The van der Waals surface area contributed by atoms with Crippen LogP contribution in [0.4, 0.5) is 5.69 Å². The molecule has 98 valence electrons. The highest BCUT2D eigenvalue weighted by atomic mass is 15.2. The van der Waals surface area contributed by atoms with Crippen LogP contribution < -0.4 is 15.5 Å². The Bertz CT molecular complexity index is 416. The molecule has 1 atom stereocenters. The highest BCUT2D eigenvalue weighted by molar-refractivity contribution is 5.76. The van der Waals surface area contributed by atoms with Crippen LogP contribution in [0.25, 0.3) is 0 Å². The quantitative estimate of drug-likeness (QED) is 0.558. The van der Waals surface area contributed by atoms with Gasteiger partial charge >= 0.3 is 0 Å². The van der Waals surface area contributed by atoms with Gasteiger partial charge in [0, 0.05) is 25.8 Å². The summed E-state index contributed by atoms with van der Waals surface area (Å²) in [5, 5.41) is 13.9. The van der Waals surface area contributed by atoms with Crippen LogP contribution in [0.15, 0.2) is 24.3 Å². The maximum atomic E-state index is 7.74. The van der Waals surface area contributed by atoms with E-state index in [0.717, 1.165) is 25.9 Å². The molecule has 1 aliphatic rings. The predicted octanol–water partition coefficient (Wildman–Crippen LogP) is 1.57. The van der Waals surface area contributed by atoms with Crippen molar-refractivity contribution in [2.75, 3.05) is 25.0 Å². The second-order valence-corrected chi connectivity index (χ2v) is 4.78. The molecule has 1 aromatic carbocycles. The third-order valence-electron chi connectivity index (χ3n) is 3.44. The average Bonchev–Trinajstić information content (AvgIpc) is 2.71. The smallest absolute Gasteiger partial charge is 0.188 e. The maximum Gasteiger partial charge on any atom is 0.188 e. The van der Waals surface area contributed by atoms with Gasteiger partial charge in [-0.05, 0) is 24.5 Å². The number of guanidine groups is 1. The lowest BCUT2D eigenvalue weighted by Gasteiger charge is -2.23. The summed E-state index contributed by atoms with van der Waals surface area (Å²) in [7, 11) is 2.13. The van der Waals surface area contributed by atoms with Crippen LogP contribution in [0.2, 0.25) is 0 Å². The van der Waals surface area contributed by atoms with Crippen LogP contribution in [0, 0.1) is 5.41 Å². The normalized spacial score (nSPS) is 17.4. The molecule has 2 rings (SSSR count). The van der Waals surface area contributed by atoms with Crippen LogP contribution in [0.3, 0.4) is 0 Å². The minimum absolute atomic E-state index is 0.432. The van der Waals surface area contributed by atoms with Crippen molar-refractivity contribution in [1.29, 1.82) is 5.41 Å². The fourth-order valence-corrected chi connectivity index (χ4v) is 2.36. The first kappa shape index (κ1) is 12.7. The summed E-state index contributed by atoms with van der Waals surface area (Å²) >= 11 is 0. The predicted molar refractivity (Wildman–Crippen MR) is 76.4 cm³/mol. The Morgan fingerprint density at radius 1 is 1.39 bits per heavy atom. The number of para-hydroxylation sites is 1. The van der Waals surface area contributed by atoms with E-state index in [0.29, 0.717) is 12.0 Å². The van der Waals surface area contributed by atoms with E-state index in [-0.39, 0.29) is 0 Å². The molecule has 0 saturated carbocycles. The lowest BCUT2D eigenvalue weighted by molar-refractivity contribution is 0.629. The van der Waals surface area contributed by atoms with E-state index in [1.54, 1.807) is 0 Å². The highest BCUT2D eigenvalue weighted by Gasteiger charge is 2.25. The monoisotopic (exact) mass is 246 g/mol. The van der Waals surface area contributed by atoms with E-state index in [9.17, 15) is 0 Å². The number of nitrogens with zero attached hydrogens (tertiary/aromatic N) is 1. The number of rotatable bonds is 4. The van der Waals surface area contributed by atoms with E-state index in [1.165, 1.54) is 11.3 Å². The van der Waals surface area contributed by atoms with Crippen LogP contribution >= 0.6 is 0 Å². The van der Waals surface area contributed by atoms with Crippen LogP contribution in [0.5, 0.6) is 0 Å². The lowest BCUT2D eigenvalue weighted by atomic mass is 10.1. The Labute approximate surface area is 109 Å². The van der Waals surface area contributed by atoms with E-state index in [4.69, 9.17) is 5.41 Å². The van der Waals surface area contributed by atoms with Gasteiger partial charge in [0.05, 0.1) is 6.04 Å². The first-order chi connectivity index (χ1) is 8.72. The highest BCUT2D eigenvalue weighted by Crippen LogP contribution is 2.29. The molecule has 0 saturated heterocycles. The van der Waals surface area contributed by atoms with Crippen LogP contribution in [-0.2, 0) is 6.42 Å². The van der Waals surface area contributed by atoms with Crippen molar-refractivity contribution in [2.45, 2.75) is 25.8 Å².